The van der Waals surface area contributed by atoms with Crippen LogP contribution in [0.1, 0.15) is 24.1 Å². The van der Waals surface area contributed by atoms with Crippen LogP contribution in [0.2, 0.25) is 0 Å². The number of benzene rings is 1. The minimum atomic E-state index is -0.386. The smallest absolute Gasteiger partial charge is 0.269 e. The van der Waals surface area contributed by atoms with Crippen LogP contribution in [-0.2, 0) is 11.3 Å². The molecule has 25 heavy (non-hydrogen) atoms. The number of hydrogen-bond donors (Lipinski definition) is 1. The molecular weight excluding hydrogens is 338 g/mol. The monoisotopic (exact) mass is 359 g/mol. The van der Waals surface area contributed by atoms with Crippen molar-refractivity contribution < 1.29 is 9.72 Å². The summed E-state index contributed by atoms with van der Waals surface area (Å²) < 4.78 is 0. The highest BCUT2D eigenvalue weighted by molar-refractivity contribution is 7.15. The minimum Gasteiger partial charge on any atom is -0.343 e. The van der Waals surface area contributed by atoms with Crippen molar-refractivity contribution in [2.75, 3.05) is 19.6 Å². The van der Waals surface area contributed by atoms with Gasteiger partial charge in [-0.25, -0.2) is 0 Å². The summed E-state index contributed by atoms with van der Waals surface area (Å²) in [6, 6.07) is 10.8. The molecule has 0 saturated carbocycles. The molecule has 0 atom stereocenters. The molecule has 1 aliphatic rings. The Morgan fingerprint density at radius 2 is 2.00 bits per heavy atom. The normalized spacial score (nSPS) is 14.2. The minimum absolute atomic E-state index is 0.110. The summed E-state index contributed by atoms with van der Waals surface area (Å²) in [5, 5.41) is 14.1. The largest absolute Gasteiger partial charge is 0.343 e. The fourth-order valence-corrected chi connectivity index (χ4v) is 3.91. The van der Waals surface area contributed by atoms with Gasteiger partial charge < -0.3 is 10.2 Å². The fraction of sp³-hybridized carbons (Fsp3) is 0.389. The van der Waals surface area contributed by atoms with Gasteiger partial charge in [0.05, 0.1) is 4.92 Å². The predicted molar refractivity (Wildman–Crippen MR) is 98.5 cm³/mol. The number of nitro groups is 1. The first-order chi connectivity index (χ1) is 12.1. The molecule has 0 spiro atoms. The maximum Gasteiger partial charge on any atom is 0.269 e. The topological polar surface area (TPSA) is 75.5 Å². The molecule has 1 aliphatic heterocycles. The summed E-state index contributed by atoms with van der Waals surface area (Å²) >= 11 is 1.69. The number of carbonyl (C=O) groups excluding carboxylic acids is 1. The van der Waals surface area contributed by atoms with Crippen LogP contribution in [0.4, 0.5) is 5.69 Å². The SMILES string of the molecule is O=C1CCCN1CCCNCc1ccc(-c2ccc([N+](=O)[O-])cc2)s1. The second-order valence-corrected chi connectivity index (χ2v) is 7.25. The Balaban J connectivity index is 1.43. The Kier molecular flexibility index (Phi) is 5.78. The lowest BCUT2D eigenvalue weighted by molar-refractivity contribution is -0.384. The van der Waals surface area contributed by atoms with E-state index in [9.17, 15) is 14.9 Å². The lowest BCUT2D eigenvalue weighted by Crippen LogP contribution is -2.28. The molecule has 2 aromatic rings. The number of non-ortho nitro benzene ring substituents is 1. The third-order valence-corrected chi connectivity index (χ3v) is 5.41. The Morgan fingerprint density at radius 3 is 2.68 bits per heavy atom. The molecule has 1 aromatic carbocycles. The van der Waals surface area contributed by atoms with E-state index < -0.39 is 0 Å². The van der Waals surface area contributed by atoms with Gasteiger partial charge in [0.15, 0.2) is 0 Å². The highest BCUT2D eigenvalue weighted by Gasteiger charge is 2.18. The summed E-state index contributed by atoms with van der Waals surface area (Å²) in [4.78, 5) is 26.1. The zero-order valence-corrected chi connectivity index (χ0v) is 14.8. The highest BCUT2D eigenvalue weighted by Crippen LogP contribution is 2.29. The Bertz CT molecular complexity index is 742. The van der Waals surface area contributed by atoms with Crippen molar-refractivity contribution >= 4 is 22.9 Å². The molecule has 1 N–H and O–H groups in total. The van der Waals surface area contributed by atoms with Crippen molar-refractivity contribution in [2.45, 2.75) is 25.8 Å². The molecule has 0 aliphatic carbocycles. The number of amides is 1. The van der Waals surface area contributed by atoms with Crippen molar-refractivity contribution in [3.8, 4) is 10.4 Å². The average molecular weight is 359 g/mol. The van der Waals surface area contributed by atoms with Crippen molar-refractivity contribution in [1.82, 2.24) is 10.2 Å². The zero-order chi connectivity index (χ0) is 17.6. The number of hydrogen-bond acceptors (Lipinski definition) is 5. The average Bonchev–Trinajstić information content (AvgIpc) is 3.24. The van der Waals surface area contributed by atoms with E-state index in [1.54, 1.807) is 23.5 Å². The van der Waals surface area contributed by atoms with E-state index >= 15 is 0 Å². The number of thiophene rings is 1. The van der Waals surface area contributed by atoms with Gasteiger partial charge >= 0.3 is 0 Å². The van der Waals surface area contributed by atoms with Crippen LogP contribution in [0.3, 0.4) is 0 Å². The molecule has 132 valence electrons. The molecule has 0 bridgehead atoms. The third-order valence-electron chi connectivity index (χ3n) is 4.28. The quantitative estimate of drug-likeness (QED) is 0.445. The van der Waals surface area contributed by atoms with Crippen LogP contribution in [0, 0.1) is 10.1 Å². The van der Waals surface area contributed by atoms with Gasteiger partial charge in [-0.15, -0.1) is 11.3 Å². The Labute approximate surface area is 150 Å². The lowest BCUT2D eigenvalue weighted by atomic mass is 10.2. The van der Waals surface area contributed by atoms with Crippen molar-refractivity contribution in [1.29, 1.82) is 0 Å². The third kappa shape index (κ3) is 4.64. The Hall–Kier alpha value is -2.25. The summed E-state index contributed by atoms with van der Waals surface area (Å²) in [6.07, 6.45) is 2.66. The summed E-state index contributed by atoms with van der Waals surface area (Å²) in [7, 11) is 0. The molecule has 0 radical (unpaired) electrons. The number of carbonyl (C=O) groups is 1. The first-order valence-electron chi connectivity index (χ1n) is 8.45. The fourth-order valence-electron chi connectivity index (χ4n) is 2.92. The molecule has 7 heteroatoms. The van der Waals surface area contributed by atoms with E-state index in [0.717, 1.165) is 49.5 Å². The van der Waals surface area contributed by atoms with Gasteiger partial charge in [-0.2, -0.15) is 0 Å². The van der Waals surface area contributed by atoms with Crippen LogP contribution in [-0.4, -0.2) is 35.4 Å². The summed E-state index contributed by atoms with van der Waals surface area (Å²) in [5.74, 6) is 0.283. The van der Waals surface area contributed by atoms with Crippen LogP contribution < -0.4 is 5.32 Å². The van der Waals surface area contributed by atoms with Crippen molar-refractivity contribution in [3.63, 3.8) is 0 Å². The maximum atomic E-state index is 11.5. The van der Waals surface area contributed by atoms with E-state index in [1.807, 2.05) is 11.0 Å². The van der Waals surface area contributed by atoms with Crippen molar-refractivity contribution in [3.05, 3.63) is 51.4 Å². The van der Waals surface area contributed by atoms with E-state index in [1.165, 1.54) is 17.0 Å². The number of likely N-dealkylation sites (tertiary alicyclic amines) is 1. The van der Waals surface area contributed by atoms with Gasteiger partial charge in [0.1, 0.15) is 0 Å². The molecule has 6 nitrogen and oxygen atoms in total. The molecule has 3 rings (SSSR count). The lowest BCUT2D eigenvalue weighted by Gasteiger charge is -2.15. The molecule has 1 amide bonds. The van der Waals surface area contributed by atoms with Crippen LogP contribution in [0.15, 0.2) is 36.4 Å². The zero-order valence-electron chi connectivity index (χ0n) is 13.9. The summed E-state index contributed by atoms with van der Waals surface area (Å²) in [6.45, 7) is 3.42. The van der Waals surface area contributed by atoms with Crippen LogP contribution in [0.25, 0.3) is 10.4 Å². The maximum absolute atomic E-state index is 11.5. The molecule has 1 saturated heterocycles. The first-order valence-corrected chi connectivity index (χ1v) is 9.27. The van der Waals surface area contributed by atoms with Gasteiger partial charge in [-0.05, 0) is 49.2 Å². The van der Waals surface area contributed by atoms with Gasteiger partial charge in [0, 0.05) is 47.9 Å². The molecule has 1 aromatic heterocycles. The van der Waals surface area contributed by atoms with E-state index in [4.69, 9.17) is 0 Å². The van der Waals surface area contributed by atoms with Crippen LogP contribution in [0.5, 0.6) is 0 Å². The number of nitrogens with one attached hydrogen (secondary N) is 1. The van der Waals surface area contributed by atoms with Crippen LogP contribution >= 0.6 is 11.3 Å². The summed E-state index contributed by atoms with van der Waals surface area (Å²) in [5.41, 5.74) is 1.10. The second kappa shape index (κ2) is 8.22. The van der Waals surface area contributed by atoms with Gasteiger partial charge in [0.2, 0.25) is 5.91 Å². The predicted octanol–water partition coefficient (Wildman–Crippen LogP) is 3.43. The molecule has 1 fully saturated rings. The number of nitrogens with zero attached hydrogens (tertiary/aromatic N) is 2. The van der Waals surface area contributed by atoms with Gasteiger partial charge in [0.25, 0.3) is 5.69 Å². The molecular formula is C18H21N3O3S. The highest BCUT2D eigenvalue weighted by atomic mass is 32.1. The molecule has 2 heterocycles. The van der Waals surface area contributed by atoms with E-state index in [-0.39, 0.29) is 16.5 Å². The van der Waals surface area contributed by atoms with E-state index in [0.29, 0.717) is 6.42 Å². The van der Waals surface area contributed by atoms with Gasteiger partial charge in [-0.1, -0.05) is 0 Å². The standard InChI is InChI=1S/C18H21N3O3S/c22-18-3-1-11-20(18)12-2-10-19-13-16-8-9-17(25-16)14-4-6-15(7-5-14)21(23)24/h4-9,19H,1-3,10-13H2. The van der Waals surface area contributed by atoms with Gasteiger partial charge in [-0.3, -0.25) is 14.9 Å². The van der Waals surface area contributed by atoms with Crippen molar-refractivity contribution in [2.24, 2.45) is 0 Å². The second-order valence-electron chi connectivity index (χ2n) is 6.08. The number of nitro benzene ring substituents is 1. The number of rotatable bonds is 8. The van der Waals surface area contributed by atoms with E-state index in [2.05, 4.69) is 11.4 Å². The molecule has 0 unspecified atom stereocenters. The first kappa shape index (κ1) is 17.6. The Morgan fingerprint density at radius 1 is 1.20 bits per heavy atom.